The highest BCUT2D eigenvalue weighted by Gasteiger charge is 2.29. The molecule has 0 fully saturated rings. The summed E-state index contributed by atoms with van der Waals surface area (Å²) in [7, 11) is -3.86. The van der Waals surface area contributed by atoms with Gasteiger partial charge in [-0.1, -0.05) is 18.2 Å². The third kappa shape index (κ3) is 3.74. The van der Waals surface area contributed by atoms with Gasteiger partial charge in [-0.25, -0.2) is 17.8 Å². The fourth-order valence-corrected chi connectivity index (χ4v) is 6.15. The molecule has 2 heterocycles. The number of aromatic nitrogens is 1. The van der Waals surface area contributed by atoms with Gasteiger partial charge < -0.3 is 5.32 Å². The van der Waals surface area contributed by atoms with Crippen LogP contribution < -0.4 is 9.62 Å². The monoisotopic (exact) mass is 467 g/mol. The number of benzene rings is 3. The number of aryl methyl sites for hydroxylation is 1. The number of para-hydroxylation sites is 1. The second-order valence-corrected chi connectivity index (χ2v) is 10.3. The normalized spacial score (nSPS) is 13.7. The standard InChI is InChI=1S/C23H18FN3O3S2/c24-16-8-11-18(12-9-16)32(29,30)27-13-3-4-15-7-10-17(14-20(15)27)25-22(28)23-26-19-5-1-2-6-21(19)31-23/h1-2,5-12,14H,3-4,13H2,(H,25,28). The highest BCUT2D eigenvalue weighted by atomic mass is 32.2. The van der Waals surface area contributed by atoms with Crippen molar-refractivity contribution in [2.45, 2.75) is 17.7 Å². The number of hydrogen-bond donors (Lipinski definition) is 1. The number of sulfonamides is 1. The highest BCUT2D eigenvalue weighted by molar-refractivity contribution is 7.92. The predicted molar refractivity (Wildman–Crippen MR) is 123 cm³/mol. The average Bonchev–Trinajstić information content (AvgIpc) is 3.23. The number of hydrogen-bond acceptors (Lipinski definition) is 5. The Bertz CT molecular complexity index is 1400. The van der Waals surface area contributed by atoms with E-state index in [1.165, 1.54) is 27.8 Å². The summed E-state index contributed by atoms with van der Waals surface area (Å²) in [6.07, 6.45) is 1.40. The zero-order valence-corrected chi connectivity index (χ0v) is 18.4. The van der Waals surface area contributed by atoms with Crippen LogP contribution in [0.5, 0.6) is 0 Å². The first kappa shape index (κ1) is 20.6. The van der Waals surface area contributed by atoms with Gasteiger partial charge in [0, 0.05) is 12.2 Å². The maximum atomic E-state index is 13.3. The molecule has 32 heavy (non-hydrogen) atoms. The van der Waals surface area contributed by atoms with E-state index in [-0.39, 0.29) is 10.8 Å². The zero-order chi connectivity index (χ0) is 22.3. The van der Waals surface area contributed by atoms with Crippen LogP contribution in [0, 0.1) is 5.82 Å². The van der Waals surface area contributed by atoms with Gasteiger partial charge in [0.2, 0.25) is 0 Å². The molecular formula is C23H18FN3O3S2. The van der Waals surface area contributed by atoms with Crippen molar-refractivity contribution in [2.75, 3.05) is 16.2 Å². The van der Waals surface area contributed by atoms with Crippen molar-refractivity contribution >= 4 is 48.9 Å². The molecule has 0 spiro atoms. The third-order valence-electron chi connectivity index (χ3n) is 5.31. The number of anilines is 2. The number of fused-ring (bicyclic) bond motifs is 2. The van der Waals surface area contributed by atoms with E-state index < -0.39 is 15.8 Å². The number of halogens is 1. The van der Waals surface area contributed by atoms with Gasteiger partial charge in [0.05, 0.1) is 20.8 Å². The first-order valence-electron chi connectivity index (χ1n) is 10.00. The van der Waals surface area contributed by atoms with Crippen LogP contribution in [0.4, 0.5) is 15.8 Å². The Balaban J connectivity index is 1.46. The van der Waals surface area contributed by atoms with Gasteiger partial charge in [0.1, 0.15) is 5.82 Å². The van der Waals surface area contributed by atoms with Crippen LogP contribution >= 0.6 is 11.3 Å². The Labute approximate surface area is 188 Å². The van der Waals surface area contributed by atoms with Gasteiger partial charge >= 0.3 is 0 Å². The maximum absolute atomic E-state index is 13.3. The van der Waals surface area contributed by atoms with Crippen LogP contribution in [0.15, 0.2) is 71.6 Å². The molecule has 1 N–H and O–H groups in total. The fourth-order valence-electron chi connectivity index (χ4n) is 3.76. The second kappa shape index (κ2) is 7.99. The first-order valence-corrected chi connectivity index (χ1v) is 12.3. The van der Waals surface area contributed by atoms with Gasteiger partial charge in [0.25, 0.3) is 15.9 Å². The zero-order valence-electron chi connectivity index (χ0n) is 16.8. The van der Waals surface area contributed by atoms with Crippen LogP contribution in [0.25, 0.3) is 10.2 Å². The molecular weight excluding hydrogens is 449 g/mol. The lowest BCUT2D eigenvalue weighted by Gasteiger charge is -2.31. The molecule has 4 aromatic rings. The summed E-state index contributed by atoms with van der Waals surface area (Å²) in [6, 6.07) is 17.6. The fraction of sp³-hybridized carbons (Fsp3) is 0.130. The van der Waals surface area contributed by atoms with Crippen molar-refractivity contribution in [2.24, 2.45) is 0 Å². The molecule has 9 heteroatoms. The van der Waals surface area contributed by atoms with Crippen molar-refractivity contribution in [3.63, 3.8) is 0 Å². The molecule has 0 bridgehead atoms. The molecule has 0 aliphatic carbocycles. The van der Waals surface area contributed by atoms with Crippen molar-refractivity contribution in [3.05, 3.63) is 83.1 Å². The largest absolute Gasteiger partial charge is 0.320 e. The van der Waals surface area contributed by atoms with Gasteiger partial charge in [-0.2, -0.15) is 0 Å². The summed E-state index contributed by atoms with van der Waals surface area (Å²) < 4.78 is 42.0. The van der Waals surface area contributed by atoms with Crippen LogP contribution in [-0.4, -0.2) is 25.9 Å². The molecule has 5 rings (SSSR count). The Morgan fingerprint density at radius 3 is 2.62 bits per heavy atom. The molecule has 0 radical (unpaired) electrons. The summed E-state index contributed by atoms with van der Waals surface area (Å²) in [6.45, 7) is 0.308. The van der Waals surface area contributed by atoms with E-state index in [0.717, 1.165) is 34.3 Å². The average molecular weight is 468 g/mol. The lowest BCUT2D eigenvalue weighted by molar-refractivity contribution is 0.102. The maximum Gasteiger partial charge on any atom is 0.284 e. The van der Waals surface area contributed by atoms with Crippen LogP contribution in [0.2, 0.25) is 0 Å². The van der Waals surface area contributed by atoms with E-state index in [9.17, 15) is 17.6 Å². The predicted octanol–water partition coefficient (Wildman–Crippen LogP) is 4.83. The highest BCUT2D eigenvalue weighted by Crippen LogP contribution is 2.34. The van der Waals surface area contributed by atoms with E-state index >= 15 is 0 Å². The Kier molecular flexibility index (Phi) is 5.15. The molecule has 0 atom stereocenters. The van der Waals surface area contributed by atoms with Crippen LogP contribution in [0.3, 0.4) is 0 Å². The molecule has 0 saturated carbocycles. The van der Waals surface area contributed by atoms with Crippen molar-refractivity contribution in [1.82, 2.24) is 4.98 Å². The second-order valence-electron chi connectivity index (χ2n) is 7.42. The summed E-state index contributed by atoms with van der Waals surface area (Å²) >= 11 is 1.30. The van der Waals surface area contributed by atoms with E-state index in [4.69, 9.17) is 0 Å². The lowest BCUT2D eigenvalue weighted by atomic mass is 10.0. The van der Waals surface area contributed by atoms with E-state index in [0.29, 0.717) is 29.3 Å². The molecule has 0 unspecified atom stereocenters. The molecule has 1 amide bonds. The third-order valence-corrected chi connectivity index (χ3v) is 8.17. The molecule has 162 valence electrons. The van der Waals surface area contributed by atoms with Crippen molar-refractivity contribution in [1.29, 1.82) is 0 Å². The summed E-state index contributed by atoms with van der Waals surface area (Å²) in [5.41, 5.74) is 2.63. The quantitative estimate of drug-likeness (QED) is 0.466. The molecule has 1 aliphatic rings. The number of carbonyl (C=O) groups excluding carboxylic acids is 1. The summed E-state index contributed by atoms with van der Waals surface area (Å²) in [5, 5.41) is 3.16. The smallest absolute Gasteiger partial charge is 0.284 e. The van der Waals surface area contributed by atoms with E-state index in [2.05, 4.69) is 10.3 Å². The number of rotatable bonds is 4. The first-order chi connectivity index (χ1) is 15.4. The molecule has 3 aromatic carbocycles. The number of thiazole rings is 1. The van der Waals surface area contributed by atoms with Gasteiger partial charge in [-0.05, 0) is 66.9 Å². The van der Waals surface area contributed by atoms with Gasteiger partial charge in [-0.15, -0.1) is 11.3 Å². The van der Waals surface area contributed by atoms with Gasteiger partial charge in [0.15, 0.2) is 5.01 Å². The Morgan fingerprint density at radius 2 is 1.84 bits per heavy atom. The van der Waals surface area contributed by atoms with Gasteiger partial charge in [-0.3, -0.25) is 9.10 Å². The number of nitrogens with zero attached hydrogens (tertiary/aromatic N) is 2. The molecule has 1 aromatic heterocycles. The molecule has 6 nitrogen and oxygen atoms in total. The SMILES string of the molecule is O=C(Nc1ccc2c(c1)N(S(=O)(=O)c1ccc(F)cc1)CCC2)c1nc2ccccc2s1. The minimum absolute atomic E-state index is 0.0238. The Morgan fingerprint density at radius 1 is 1.06 bits per heavy atom. The Hall–Kier alpha value is -3.30. The topological polar surface area (TPSA) is 79.4 Å². The number of amides is 1. The molecule has 0 saturated heterocycles. The lowest BCUT2D eigenvalue weighted by Crippen LogP contribution is -2.35. The van der Waals surface area contributed by atoms with Crippen LogP contribution in [-0.2, 0) is 16.4 Å². The minimum atomic E-state index is -3.86. The van der Waals surface area contributed by atoms with Crippen LogP contribution in [0.1, 0.15) is 21.8 Å². The molecule has 1 aliphatic heterocycles. The van der Waals surface area contributed by atoms with E-state index in [1.54, 1.807) is 12.1 Å². The summed E-state index contributed by atoms with van der Waals surface area (Å²) in [4.78, 5) is 17.1. The van der Waals surface area contributed by atoms with Crippen molar-refractivity contribution in [3.8, 4) is 0 Å². The van der Waals surface area contributed by atoms with Crippen molar-refractivity contribution < 1.29 is 17.6 Å². The number of nitrogens with one attached hydrogen (secondary N) is 1. The number of carbonyl (C=O) groups is 1. The van der Waals surface area contributed by atoms with E-state index in [1.807, 2.05) is 30.3 Å². The minimum Gasteiger partial charge on any atom is -0.320 e. The summed E-state index contributed by atoms with van der Waals surface area (Å²) in [5.74, 6) is -0.849.